The fourth-order valence-corrected chi connectivity index (χ4v) is 1.05. The molecule has 1 heterocycles. The first kappa shape index (κ1) is 10.0. The third-order valence-corrected chi connectivity index (χ3v) is 1.90. The highest BCUT2D eigenvalue weighted by molar-refractivity contribution is 5.78. The van der Waals surface area contributed by atoms with Gasteiger partial charge in [0.25, 0.3) is 0 Å². The van der Waals surface area contributed by atoms with Crippen molar-refractivity contribution in [3.63, 3.8) is 0 Å². The lowest BCUT2D eigenvalue weighted by Gasteiger charge is -1.99. The van der Waals surface area contributed by atoms with E-state index in [1.807, 2.05) is 13.0 Å². The van der Waals surface area contributed by atoms with Crippen LogP contribution in [0.5, 0.6) is 0 Å². The Labute approximate surface area is 77.4 Å². The molecule has 0 radical (unpaired) electrons. The van der Waals surface area contributed by atoms with E-state index in [0.717, 1.165) is 6.42 Å². The molecule has 13 heavy (non-hydrogen) atoms. The predicted molar refractivity (Wildman–Crippen MR) is 44.7 cm³/mol. The Kier molecular flexibility index (Phi) is 3.26. The molecule has 0 aromatic rings. The van der Waals surface area contributed by atoms with Crippen LogP contribution in [-0.4, -0.2) is 24.8 Å². The number of hydrogen-bond acceptors (Lipinski definition) is 4. The molecule has 0 bridgehead atoms. The summed E-state index contributed by atoms with van der Waals surface area (Å²) in [5.41, 5.74) is 0. The summed E-state index contributed by atoms with van der Waals surface area (Å²) < 4.78 is 9.90. The molecular weight excluding hydrogens is 170 g/mol. The minimum Gasteiger partial charge on any atom is -0.464 e. The summed E-state index contributed by atoms with van der Waals surface area (Å²) in [6.45, 7) is 4.08. The summed E-state index contributed by atoms with van der Waals surface area (Å²) in [4.78, 5) is 11.1. The van der Waals surface area contributed by atoms with Crippen LogP contribution in [0.3, 0.4) is 0 Å². The van der Waals surface area contributed by atoms with Crippen LogP contribution in [0.2, 0.25) is 0 Å². The lowest BCUT2D eigenvalue weighted by Crippen LogP contribution is -2.17. The molecule has 0 aliphatic carbocycles. The highest BCUT2D eigenvalue weighted by Crippen LogP contribution is 2.29. The highest BCUT2D eigenvalue weighted by atomic mass is 16.6. The first-order chi connectivity index (χ1) is 6.20. The van der Waals surface area contributed by atoms with Crippen LogP contribution in [0.1, 0.15) is 20.3 Å². The molecular formula is C9H13NO3. The van der Waals surface area contributed by atoms with Gasteiger partial charge in [-0.3, -0.25) is 0 Å². The Balaban J connectivity index is 2.26. The number of ether oxygens (including phenoxy) is 2. The fraction of sp³-hybridized carbons (Fsp3) is 0.778. The van der Waals surface area contributed by atoms with Gasteiger partial charge in [0.15, 0.2) is 6.10 Å². The molecule has 0 aromatic carbocycles. The molecule has 0 amide bonds. The molecule has 0 N–H and O–H groups in total. The monoisotopic (exact) mass is 183 g/mol. The second-order valence-electron chi connectivity index (χ2n) is 3.11. The fourth-order valence-electron chi connectivity index (χ4n) is 1.05. The standard InChI is InChI=1S/C9H13NO3/c1-3-4-12-9(11)8-7(13-8)6(2)5-10/h6-8H,3-4H2,1-2H3. The van der Waals surface area contributed by atoms with Gasteiger partial charge in [0, 0.05) is 0 Å². The van der Waals surface area contributed by atoms with Gasteiger partial charge in [0.2, 0.25) is 0 Å². The second-order valence-corrected chi connectivity index (χ2v) is 3.11. The van der Waals surface area contributed by atoms with Crippen LogP contribution in [0, 0.1) is 17.2 Å². The van der Waals surface area contributed by atoms with Crippen molar-refractivity contribution in [3.05, 3.63) is 0 Å². The van der Waals surface area contributed by atoms with Crippen molar-refractivity contribution in [2.75, 3.05) is 6.61 Å². The van der Waals surface area contributed by atoms with Gasteiger partial charge in [0.05, 0.1) is 18.6 Å². The van der Waals surface area contributed by atoms with Gasteiger partial charge in [0.1, 0.15) is 6.10 Å². The Morgan fingerprint density at radius 1 is 1.77 bits per heavy atom. The largest absolute Gasteiger partial charge is 0.464 e. The van der Waals surface area contributed by atoms with Crippen LogP contribution in [0.25, 0.3) is 0 Å². The molecule has 1 aliphatic heterocycles. The molecule has 1 rings (SSSR count). The average Bonchev–Trinajstić information content (AvgIpc) is 2.92. The van der Waals surface area contributed by atoms with Gasteiger partial charge in [-0.25, -0.2) is 4.79 Å². The van der Waals surface area contributed by atoms with E-state index in [0.29, 0.717) is 6.61 Å². The SMILES string of the molecule is CCCOC(=O)C1OC1C(C)C#N. The molecule has 72 valence electrons. The number of nitrogens with zero attached hydrogens (tertiary/aromatic N) is 1. The van der Waals surface area contributed by atoms with Crippen LogP contribution in [0.4, 0.5) is 0 Å². The maximum atomic E-state index is 11.1. The molecule has 4 nitrogen and oxygen atoms in total. The molecule has 3 atom stereocenters. The van der Waals surface area contributed by atoms with E-state index < -0.39 is 6.10 Å². The van der Waals surface area contributed by atoms with Crippen molar-refractivity contribution in [1.82, 2.24) is 0 Å². The van der Waals surface area contributed by atoms with E-state index in [1.54, 1.807) is 6.92 Å². The number of epoxide rings is 1. The van der Waals surface area contributed by atoms with E-state index in [-0.39, 0.29) is 18.0 Å². The highest BCUT2D eigenvalue weighted by Gasteiger charge is 2.49. The molecule has 1 fully saturated rings. The molecule has 0 saturated carbocycles. The molecule has 0 aromatic heterocycles. The first-order valence-corrected chi connectivity index (χ1v) is 4.42. The molecule has 1 aliphatic rings. The van der Waals surface area contributed by atoms with Gasteiger partial charge in [-0.05, 0) is 13.3 Å². The van der Waals surface area contributed by atoms with Crippen LogP contribution in [0.15, 0.2) is 0 Å². The second kappa shape index (κ2) is 4.24. The van der Waals surface area contributed by atoms with Crippen molar-refractivity contribution in [2.24, 2.45) is 5.92 Å². The topological polar surface area (TPSA) is 62.6 Å². The van der Waals surface area contributed by atoms with Crippen LogP contribution >= 0.6 is 0 Å². The zero-order chi connectivity index (χ0) is 9.84. The molecule has 3 unspecified atom stereocenters. The summed E-state index contributed by atoms with van der Waals surface area (Å²) in [6.07, 6.45) is 0.0484. The van der Waals surface area contributed by atoms with Gasteiger partial charge in [-0.15, -0.1) is 0 Å². The lowest BCUT2D eigenvalue weighted by molar-refractivity contribution is -0.145. The average molecular weight is 183 g/mol. The Morgan fingerprint density at radius 3 is 3.00 bits per heavy atom. The summed E-state index contributed by atoms with van der Waals surface area (Å²) in [5.74, 6) is -0.576. The third-order valence-electron chi connectivity index (χ3n) is 1.90. The smallest absolute Gasteiger partial charge is 0.338 e. The zero-order valence-electron chi connectivity index (χ0n) is 7.82. The number of carbonyl (C=O) groups excluding carboxylic acids is 1. The maximum Gasteiger partial charge on any atom is 0.338 e. The first-order valence-electron chi connectivity index (χ1n) is 4.42. The maximum absolute atomic E-state index is 11.1. The van der Waals surface area contributed by atoms with E-state index in [9.17, 15) is 4.79 Å². The summed E-state index contributed by atoms with van der Waals surface area (Å²) in [7, 11) is 0. The predicted octanol–water partition coefficient (Wildman–Crippen LogP) is 0.867. The van der Waals surface area contributed by atoms with Gasteiger partial charge >= 0.3 is 5.97 Å². The normalized spacial score (nSPS) is 27.5. The van der Waals surface area contributed by atoms with Gasteiger partial charge < -0.3 is 9.47 Å². The van der Waals surface area contributed by atoms with Gasteiger partial charge in [-0.1, -0.05) is 6.92 Å². The Bertz CT molecular complexity index is 234. The number of carbonyl (C=O) groups is 1. The number of rotatable bonds is 4. The Morgan fingerprint density at radius 2 is 2.46 bits per heavy atom. The molecule has 0 spiro atoms. The minimum atomic E-state index is -0.499. The summed E-state index contributed by atoms with van der Waals surface area (Å²) in [5, 5.41) is 8.54. The zero-order valence-corrected chi connectivity index (χ0v) is 7.82. The quantitative estimate of drug-likeness (QED) is 0.479. The van der Waals surface area contributed by atoms with E-state index >= 15 is 0 Å². The summed E-state index contributed by atoms with van der Waals surface area (Å²) in [6, 6.07) is 2.04. The molecule has 1 saturated heterocycles. The summed E-state index contributed by atoms with van der Waals surface area (Å²) >= 11 is 0. The third kappa shape index (κ3) is 2.43. The lowest BCUT2D eigenvalue weighted by atomic mass is 10.1. The van der Waals surface area contributed by atoms with Crippen LogP contribution in [-0.2, 0) is 14.3 Å². The van der Waals surface area contributed by atoms with Gasteiger partial charge in [-0.2, -0.15) is 5.26 Å². The number of hydrogen-bond donors (Lipinski definition) is 0. The van der Waals surface area contributed by atoms with Crippen molar-refractivity contribution >= 4 is 5.97 Å². The minimum absolute atomic E-state index is 0.237. The van der Waals surface area contributed by atoms with Crippen molar-refractivity contribution in [2.45, 2.75) is 32.5 Å². The van der Waals surface area contributed by atoms with E-state index in [4.69, 9.17) is 14.7 Å². The van der Waals surface area contributed by atoms with Crippen molar-refractivity contribution < 1.29 is 14.3 Å². The van der Waals surface area contributed by atoms with Crippen molar-refractivity contribution in [1.29, 1.82) is 5.26 Å². The number of nitriles is 1. The van der Waals surface area contributed by atoms with Crippen LogP contribution < -0.4 is 0 Å². The van der Waals surface area contributed by atoms with Crippen molar-refractivity contribution in [3.8, 4) is 6.07 Å². The van der Waals surface area contributed by atoms with E-state index in [2.05, 4.69) is 0 Å². The Hall–Kier alpha value is -1.08. The number of esters is 1. The van der Waals surface area contributed by atoms with E-state index in [1.165, 1.54) is 0 Å². The molecule has 4 heteroatoms.